The van der Waals surface area contributed by atoms with Crippen LogP contribution in [0.25, 0.3) is 10.2 Å². The Balaban J connectivity index is 2.25. The molecule has 0 unspecified atom stereocenters. The summed E-state index contributed by atoms with van der Waals surface area (Å²) >= 11 is 1.28. The van der Waals surface area contributed by atoms with Crippen LogP contribution in [0.4, 0.5) is 5.13 Å². The van der Waals surface area contributed by atoms with Crippen molar-refractivity contribution in [1.82, 2.24) is 4.98 Å². The first-order valence-corrected chi connectivity index (χ1v) is 9.43. The highest BCUT2D eigenvalue weighted by atomic mass is 32.2. The van der Waals surface area contributed by atoms with Crippen molar-refractivity contribution in [2.24, 2.45) is 5.92 Å². The Bertz CT molecular complexity index is 766. The Morgan fingerprint density at radius 1 is 1.43 bits per heavy atom. The lowest BCUT2D eigenvalue weighted by molar-refractivity contribution is -0.119. The minimum absolute atomic E-state index is 0.0563. The molecule has 0 spiro atoms. The number of rotatable bonds is 5. The first-order chi connectivity index (χ1) is 9.81. The number of thiazole rings is 1. The van der Waals surface area contributed by atoms with Crippen LogP contribution < -0.4 is 5.32 Å². The van der Waals surface area contributed by atoms with Crippen LogP contribution in [0.2, 0.25) is 0 Å². The molecule has 0 saturated carbocycles. The van der Waals surface area contributed by atoms with Crippen LogP contribution >= 0.6 is 11.3 Å². The lowest BCUT2D eigenvalue weighted by Gasteiger charge is -2.08. The number of nitrogens with one attached hydrogen (secondary N) is 1. The fourth-order valence-corrected chi connectivity index (χ4v) is 3.61. The van der Waals surface area contributed by atoms with Crippen LogP contribution in [-0.4, -0.2) is 25.6 Å². The number of amides is 1. The van der Waals surface area contributed by atoms with E-state index >= 15 is 0 Å². The van der Waals surface area contributed by atoms with Gasteiger partial charge in [-0.25, -0.2) is 13.4 Å². The number of hydrogen-bond acceptors (Lipinski definition) is 5. The third kappa shape index (κ3) is 3.79. The van der Waals surface area contributed by atoms with Crippen LogP contribution in [0.5, 0.6) is 0 Å². The fourth-order valence-electron chi connectivity index (χ4n) is 1.98. The number of aromatic nitrogens is 1. The van der Waals surface area contributed by atoms with Gasteiger partial charge in [-0.1, -0.05) is 31.6 Å². The summed E-state index contributed by atoms with van der Waals surface area (Å²) in [4.78, 5) is 16.5. The van der Waals surface area contributed by atoms with E-state index in [4.69, 9.17) is 0 Å². The SMILES string of the molecule is CCC[C@@H](C)C(=O)Nc1nc2ccc(S(C)(=O)=O)cc2s1. The van der Waals surface area contributed by atoms with Gasteiger partial charge in [0, 0.05) is 12.2 Å². The van der Waals surface area contributed by atoms with Gasteiger partial charge in [0.1, 0.15) is 0 Å². The number of benzene rings is 1. The van der Waals surface area contributed by atoms with Gasteiger partial charge in [-0.15, -0.1) is 0 Å². The second-order valence-electron chi connectivity index (χ2n) is 5.10. The quantitative estimate of drug-likeness (QED) is 0.916. The first-order valence-electron chi connectivity index (χ1n) is 6.72. The summed E-state index contributed by atoms with van der Waals surface area (Å²) in [6.45, 7) is 3.92. The molecular weight excluding hydrogens is 308 g/mol. The molecule has 1 aromatic heterocycles. The van der Waals surface area contributed by atoms with E-state index in [2.05, 4.69) is 10.3 Å². The molecule has 0 aliphatic heterocycles. The zero-order valence-corrected chi connectivity index (χ0v) is 13.8. The number of fused-ring (bicyclic) bond motifs is 1. The third-order valence-electron chi connectivity index (χ3n) is 3.19. The molecule has 2 rings (SSSR count). The minimum Gasteiger partial charge on any atom is -0.302 e. The summed E-state index contributed by atoms with van der Waals surface area (Å²) in [6.07, 6.45) is 2.95. The van der Waals surface area contributed by atoms with Gasteiger partial charge in [0.2, 0.25) is 5.91 Å². The first kappa shape index (κ1) is 15.9. The Morgan fingerprint density at radius 3 is 2.76 bits per heavy atom. The predicted octanol–water partition coefficient (Wildman–Crippen LogP) is 3.07. The summed E-state index contributed by atoms with van der Waals surface area (Å²) in [6, 6.07) is 4.78. The molecule has 1 aromatic carbocycles. The Labute approximate surface area is 128 Å². The van der Waals surface area contributed by atoms with E-state index in [1.165, 1.54) is 23.7 Å². The molecule has 5 nitrogen and oxygen atoms in total. The summed E-state index contributed by atoms with van der Waals surface area (Å²) in [7, 11) is -3.24. The van der Waals surface area contributed by atoms with Crippen LogP contribution in [-0.2, 0) is 14.6 Å². The van der Waals surface area contributed by atoms with Crippen molar-refractivity contribution in [2.75, 3.05) is 11.6 Å². The van der Waals surface area contributed by atoms with Crippen molar-refractivity contribution in [3.8, 4) is 0 Å². The van der Waals surface area contributed by atoms with Gasteiger partial charge in [-0.05, 0) is 24.6 Å². The van der Waals surface area contributed by atoms with E-state index in [0.717, 1.165) is 17.5 Å². The molecule has 0 radical (unpaired) electrons. The molecule has 7 heteroatoms. The molecule has 1 amide bonds. The lowest BCUT2D eigenvalue weighted by Crippen LogP contribution is -2.19. The van der Waals surface area contributed by atoms with Gasteiger partial charge in [0.15, 0.2) is 15.0 Å². The molecule has 1 N–H and O–H groups in total. The Morgan fingerprint density at radius 2 is 2.14 bits per heavy atom. The van der Waals surface area contributed by atoms with Crippen LogP contribution in [0.15, 0.2) is 23.1 Å². The molecule has 114 valence electrons. The molecule has 0 fully saturated rings. The number of carbonyl (C=O) groups excluding carboxylic acids is 1. The third-order valence-corrected chi connectivity index (χ3v) is 5.23. The van der Waals surface area contributed by atoms with Gasteiger partial charge >= 0.3 is 0 Å². The topological polar surface area (TPSA) is 76.1 Å². The number of carbonyl (C=O) groups is 1. The standard InChI is InChI=1S/C14H18N2O3S2/c1-4-5-9(2)13(17)16-14-15-11-7-6-10(21(3,18)19)8-12(11)20-14/h6-9H,4-5H2,1-3H3,(H,15,16,17)/t9-/m1/s1. The molecule has 0 aliphatic rings. The van der Waals surface area contributed by atoms with Gasteiger partial charge in [-0.3, -0.25) is 4.79 Å². The second kappa shape index (κ2) is 6.11. The molecule has 0 saturated heterocycles. The fraction of sp³-hybridized carbons (Fsp3) is 0.429. The molecule has 0 aliphatic carbocycles. The van der Waals surface area contributed by atoms with Crippen molar-refractivity contribution < 1.29 is 13.2 Å². The Kier molecular flexibility index (Phi) is 4.63. The smallest absolute Gasteiger partial charge is 0.228 e. The van der Waals surface area contributed by atoms with E-state index in [-0.39, 0.29) is 16.7 Å². The number of hydrogen-bond donors (Lipinski definition) is 1. The summed E-state index contributed by atoms with van der Waals surface area (Å²) in [5.41, 5.74) is 0.686. The van der Waals surface area contributed by atoms with Crippen LogP contribution in [0.1, 0.15) is 26.7 Å². The van der Waals surface area contributed by atoms with Crippen LogP contribution in [0.3, 0.4) is 0 Å². The van der Waals surface area contributed by atoms with Crippen molar-refractivity contribution in [3.05, 3.63) is 18.2 Å². The average molecular weight is 326 g/mol. The molecule has 0 bridgehead atoms. The van der Waals surface area contributed by atoms with E-state index in [9.17, 15) is 13.2 Å². The maximum Gasteiger partial charge on any atom is 0.228 e. The van der Waals surface area contributed by atoms with Crippen molar-refractivity contribution in [2.45, 2.75) is 31.6 Å². The molecule has 2 aromatic rings. The van der Waals surface area contributed by atoms with E-state index in [1.54, 1.807) is 12.1 Å². The average Bonchev–Trinajstić information content (AvgIpc) is 2.78. The minimum atomic E-state index is -3.24. The number of anilines is 1. The zero-order valence-electron chi connectivity index (χ0n) is 12.2. The highest BCUT2D eigenvalue weighted by Gasteiger charge is 2.15. The van der Waals surface area contributed by atoms with E-state index in [0.29, 0.717) is 10.6 Å². The number of sulfone groups is 1. The van der Waals surface area contributed by atoms with Gasteiger partial charge in [-0.2, -0.15) is 0 Å². The maximum atomic E-state index is 12.0. The molecule has 21 heavy (non-hydrogen) atoms. The van der Waals surface area contributed by atoms with E-state index in [1.807, 2.05) is 13.8 Å². The monoisotopic (exact) mass is 326 g/mol. The molecular formula is C14H18N2O3S2. The van der Waals surface area contributed by atoms with Crippen LogP contribution in [0, 0.1) is 5.92 Å². The molecule has 1 atom stereocenters. The van der Waals surface area contributed by atoms with Gasteiger partial charge in [0.05, 0.1) is 15.1 Å². The van der Waals surface area contributed by atoms with Gasteiger partial charge < -0.3 is 5.32 Å². The maximum absolute atomic E-state index is 12.0. The summed E-state index contributed by atoms with van der Waals surface area (Å²) < 4.78 is 23.8. The normalized spacial score (nSPS) is 13.3. The van der Waals surface area contributed by atoms with Crippen molar-refractivity contribution in [1.29, 1.82) is 0 Å². The second-order valence-corrected chi connectivity index (χ2v) is 8.15. The number of nitrogens with zero attached hydrogens (tertiary/aromatic N) is 1. The van der Waals surface area contributed by atoms with Gasteiger partial charge in [0.25, 0.3) is 0 Å². The summed E-state index contributed by atoms with van der Waals surface area (Å²) in [5, 5.41) is 3.30. The van der Waals surface area contributed by atoms with E-state index < -0.39 is 9.84 Å². The zero-order chi connectivity index (χ0) is 15.6. The van der Waals surface area contributed by atoms with Crippen molar-refractivity contribution in [3.63, 3.8) is 0 Å². The lowest BCUT2D eigenvalue weighted by atomic mass is 10.1. The highest BCUT2D eigenvalue weighted by molar-refractivity contribution is 7.90. The largest absolute Gasteiger partial charge is 0.302 e. The van der Waals surface area contributed by atoms with Crippen molar-refractivity contribution >= 4 is 42.4 Å². The highest BCUT2D eigenvalue weighted by Crippen LogP contribution is 2.28. The summed E-state index contributed by atoms with van der Waals surface area (Å²) in [5.74, 6) is -0.118. The Hall–Kier alpha value is -1.47. The molecule has 1 heterocycles. The predicted molar refractivity (Wildman–Crippen MR) is 85.4 cm³/mol.